The van der Waals surface area contributed by atoms with Gasteiger partial charge in [0, 0.05) is 10.6 Å². The lowest BCUT2D eigenvalue weighted by atomic mass is 10.0. The zero-order valence-corrected chi connectivity index (χ0v) is 13.5. The standard InChI is InChI=1S/C18H19ClO2/c1-11-8-12(2)13(3)17(9-11)21-14(4)18(20)15-6-5-7-16(19)10-15/h5-10,14H,1-4H3. The highest BCUT2D eigenvalue weighted by Gasteiger charge is 2.18. The molecule has 0 radical (unpaired) electrons. The summed E-state index contributed by atoms with van der Waals surface area (Å²) in [5.74, 6) is 0.687. The minimum absolute atomic E-state index is 0.0731. The van der Waals surface area contributed by atoms with Gasteiger partial charge in [-0.05, 0) is 62.6 Å². The van der Waals surface area contributed by atoms with Crippen LogP contribution in [0, 0.1) is 20.8 Å². The molecule has 0 spiro atoms. The lowest BCUT2D eigenvalue weighted by molar-refractivity contribution is 0.0817. The first-order valence-electron chi connectivity index (χ1n) is 6.93. The molecule has 2 rings (SSSR count). The smallest absolute Gasteiger partial charge is 0.203 e. The molecular weight excluding hydrogens is 284 g/mol. The Kier molecular flexibility index (Phi) is 4.69. The SMILES string of the molecule is Cc1cc(C)c(C)c(OC(C)C(=O)c2cccc(Cl)c2)c1. The van der Waals surface area contributed by atoms with E-state index in [1.807, 2.05) is 26.8 Å². The fraction of sp³-hybridized carbons (Fsp3) is 0.278. The van der Waals surface area contributed by atoms with E-state index in [1.54, 1.807) is 31.2 Å². The Hall–Kier alpha value is -1.80. The van der Waals surface area contributed by atoms with Crippen molar-refractivity contribution in [1.29, 1.82) is 0 Å². The Balaban J connectivity index is 2.22. The molecule has 2 aromatic rings. The number of hydrogen-bond acceptors (Lipinski definition) is 2. The summed E-state index contributed by atoms with van der Waals surface area (Å²) in [6.07, 6.45) is -0.552. The van der Waals surface area contributed by atoms with Crippen molar-refractivity contribution in [1.82, 2.24) is 0 Å². The van der Waals surface area contributed by atoms with E-state index in [0.29, 0.717) is 10.6 Å². The average molecular weight is 303 g/mol. The second kappa shape index (κ2) is 6.31. The number of ketones is 1. The van der Waals surface area contributed by atoms with Crippen molar-refractivity contribution in [2.45, 2.75) is 33.8 Å². The van der Waals surface area contributed by atoms with Gasteiger partial charge in [-0.2, -0.15) is 0 Å². The summed E-state index contributed by atoms with van der Waals surface area (Å²) >= 11 is 5.93. The molecule has 0 saturated heterocycles. The molecule has 0 bridgehead atoms. The molecule has 3 heteroatoms. The van der Waals surface area contributed by atoms with E-state index in [4.69, 9.17) is 16.3 Å². The van der Waals surface area contributed by atoms with Crippen molar-refractivity contribution < 1.29 is 9.53 Å². The molecule has 0 aromatic heterocycles. The van der Waals surface area contributed by atoms with Crippen LogP contribution in [0.1, 0.15) is 34.0 Å². The van der Waals surface area contributed by atoms with E-state index in [-0.39, 0.29) is 5.78 Å². The molecule has 1 atom stereocenters. The predicted molar refractivity (Wildman–Crippen MR) is 86.5 cm³/mol. The van der Waals surface area contributed by atoms with E-state index in [0.717, 1.165) is 22.4 Å². The van der Waals surface area contributed by atoms with Gasteiger partial charge in [0.1, 0.15) is 5.75 Å². The summed E-state index contributed by atoms with van der Waals surface area (Å²) in [5.41, 5.74) is 3.91. The summed E-state index contributed by atoms with van der Waals surface area (Å²) < 4.78 is 5.87. The van der Waals surface area contributed by atoms with Crippen molar-refractivity contribution in [2.75, 3.05) is 0 Å². The molecule has 0 heterocycles. The topological polar surface area (TPSA) is 26.3 Å². The zero-order valence-electron chi connectivity index (χ0n) is 12.7. The molecule has 0 fully saturated rings. The van der Waals surface area contributed by atoms with Crippen LogP contribution in [-0.2, 0) is 0 Å². The highest BCUT2D eigenvalue weighted by molar-refractivity contribution is 6.31. The summed E-state index contributed by atoms with van der Waals surface area (Å²) in [5, 5.41) is 0.552. The lowest BCUT2D eigenvalue weighted by Gasteiger charge is -2.17. The van der Waals surface area contributed by atoms with E-state index in [1.165, 1.54) is 0 Å². The van der Waals surface area contributed by atoms with E-state index >= 15 is 0 Å². The maximum Gasteiger partial charge on any atom is 0.203 e. The molecule has 0 aliphatic rings. The molecular formula is C18H19ClO2. The number of Topliss-reactive ketones (excluding diaryl/α,β-unsaturated/α-hetero) is 1. The van der Waals surface area contributed by atoms with Gasteiger partial charge in [0.25, 0.3) is 0 Å². The van der Waals surface area contributed by atoms with Crippen molar-refractivity contribution in [3.8, 4) is 5.75 Å². The quantitative estimate of drug-likeness (QED) is 0.750. The van der Waals surface area contributed by atoms with Crippen LogP contribution in [0.4, 0.5) is 0 Å². The number of hydrogen-bond donors (Lipinski definition) is 0. The highest BCUT2D eigenvalue weighted by atomic mass is 35.5. The average Bonchev–Trinajstić information content (AvgIpc) is 2.43. The zero-order chi connectivity index (χ0) is 15.6. The number of carbonyl (C=O) groups excluding carboxylic acids is 1. The first-order chi connectivity index (χ1) is 9.88. The fourth-order valence-corrected chi connectivity index (χ4v) is 2.43. The lowest BCUT2D eigenvalue weighted by Crippen LogP contribution is -2.24. The second-order valence-corrected chi connectivity index (χ2v) is 5.78. The summed E-state index contributed by atoms with van der Waals surface area (Å²) in [6, 6.07) is 11.0. The molecule has 1 unspecified atom stereocenters. The van der Waals surface area contributed by atoms with Gasteiger partial charge < -0.3 is 4.74 Å². The molecule has 0 N–H and O–H groups in total. The second-order valence-electron chi connectivity index (χ2n) is 5.34. The van der Waals surface area contributed by atoms with Gasteiger partial charge in [-0.3, -0.25) is 4.79 Å². The molecule has 0 saturated carbocycles. The largest absolute Gasteiger partial charge is 0.482 e. The molecule has 2 aromatic carbocycles. The molecule has 0 aliphatic heterocycles. The van der Waals surface area contributed by atoms with Crippen LogP contribution in [0.2, 0.25) is 5.02 Å². The number of rotatable bonds is 4. The van der Waals surface area contributed by atoms with Crippen LogP contribution in [0.25, 0.3) is 0 Å². The normalized spacial score (nSPS) is 12.0. The minimum Gasteiger partial charge on any atom is -0.482 e. The first kappa shape index (κ1) is 15.6. The van der Waals surface area contributed by atoms with Gasteiger partial charge in [-0.25, -0.2) is 0 Å². The van der Waals surface area contributed by atoms with Crippen molar-refractivity contribution in [3.05, 3.63) is 63.7 Å². The van der Waals surface area contributed by atoms with Gasteiger partial charge >= 0.3 is 0 Å². The maximum absolute atomic E-state index is 12.4. The summed E-state index contributed by atoms with van der Waals surface area (Å²) in [7, 11) is 0. The van der Waals surface area contributed by atoms with Gasteiger partial charge in [0.05, 0.1) is 0 Å². The predicted octanol–water partition coefficient (Wildman–Crippen LogP) is 4.92. The summed E-state index contributed by atoms with van der Waals surface area (Å²) in [6.45, 7) is 7.82. The molecule has 2 nitrogen and oxygen atoms in total. The Labute approximate surface area is 130 Å². The number of halogens is 1. The first-order valence-corrected chi connectivity index (χ1v) is 7.30. The van der Waals surface area contributed by atoms with Crippen molar-refractivity contribution in [3.63, 3.8) is 0 Å². The highest BCUT2D eigenvalue weighted by Crippen LogP contribution is 2.25. The van der Waals surface area contributed by atoms with E-state index in [2.05, 4.69) is 6.07 Å². The third kappa shape index (κ3) is 3.64. The number of aryl methyl sites for hydroxylation is 2. The monoisotopic (exact) mass is 302 g/mol. The van der Waals surface area contributed by atoms with Crippen molar-refractivity contribution >= 4 is 17.4 Å². The molecule has 0 amide bonds. The summed E-state index contributed by atoms with van der Waals surface area (Å²) in [4.78, 5) is 12.4. The Bertz CT molecular complexity index is 677. The number of carbonyl (C=O) groups is 1. The molecule has 21 heavy (non-hydrogen) atoms. The van der Waals surface area contributed by atoms with E-state index in [9.17, 15) is 4.79 Å². The van der Waals surface area contributed by atoms with Crippen LogP contribution < -0.4 is 4.74 Å². The Morgan fingerprint density at radius 3 is 2.52 bits per heavy atom. The molecule has 0 aliphatic carbocycles. The Morgan fingerprint density at radius 1 is 1.14 bits per heavy atom. The minimum atomic E-state index is -0.552. The van der Waals surface area contributed by atoms with Crippen LogP contribution in [-0.4, -0.2) is 11.9 Å². The number of ether oxygens (including phenoxy) is 1. The van der Waals surface area contributed by atoms with Gasteiger partial charge in [0.2, 0.25) is 5.78 Å². The van der Waals surface area contributed by atoms with Crippen LogP contribution in [0.15, 0.2) is 36.4 Å². The third-order valence-corrected chi connectivity index (χ3v) is 3.78. The van der Waals surface area contributed by atoms with Crippen LogP contribution in [0.5, 0.6) is 5.75 Å². The van der Waals surface area contributed by atoms with Gasteiger partial charge in [-0.1, -0.05) is 29.8 Å². The molecule has 110 valence electrons. The third-order valence-electron chi connectivity index (χ3n) is 3.55. The number of benzene rings is 2. The Morgan fingerprint density at radius 2 is 1.86 bits per heavy atom. The van der Waals surface area contributed by atoms with Crippen LogP contribution in [0.3, 0.4) is 0 Å². The fourth-order valence-electron chi connectivity index (χ4n) is 2.24. The van der Waals surface area contributed by atoms with Gasteiger partial charge in [-0.15, -0.1) is 0 Å². The van der Waals surface area contributed by atoms with Crippen LogP contribution >= 0.6 is 11.6 Å². The van der Waals surface area contributed by atoms with E-state index < -0.39 is 6.10 Å². The van der Waals surface area contributed by atoms with Crippen molar-refractivity contribution in [2.24, 2.45) is 0 Å². The maximum atomic E-state index is 12.4. The van der Waals surface area contributed by atoms with Gasteiger partial charge in [0.15, 0.2) is 6.10 Å².